The van der Waals surface area contributed by atoms with Crippen LogP contribution in [0.25, 0.3) is 6.08 Å². The van der Waals surface area contributed by atoms with Gasteiger partial charge in [0.25, 0.3) is 0 Å². The molecule has 98 valence electrons. The van der Waals surface area contributed by atoms with Crippen molar-refractivity contribution in [3.63, 3.8) is 0 Å². The summed E-state index contributed by atoms with van der Waals surface area (Å²) in [5, 5.41) is 4.24. The van der Waals surface area contributed by atoms with Gasteiger partial charge in [0.15, 0.2) is 0 Å². The summed E-state index contributed by atoms with van der Waals surface area (Å²) in [4.78, 5) is 0. The molecule has 0 amide bonds. The molecule has 0 radical (unpaired) electrons. The molecule has 0 aliphatic carbocycles. The zero-order chi connectivity index (χ0) is 13.5. The summed E-state index contributed by atoms with van der Waals surface area (Å²) in [7, 11) is 0. The first-order chi connectivity index (χ1) is 9.25. The van der Waals surface area contributed by atoms with Gasteiger partial charge in [-0.05, 0) is 30.2 Å². The lowest BCUT2D eigenvalue weighted by Gasteiger charge is -2.12. The third-order valence-electron chi connectivity index (χ3n) is 3.02. The van der Waals surface area contributed by atoms with E-state index in [2.05, 4.69) is 48.7 Å². The fourth-order valence-electron chi connectivity index (χ4n) is 1.87. The Morgan fingerprint density at radius 2 is 1.74 bits per heavy atom. The number of halogens is 1. The van der Waals surface area contributed by atoms with E-state index in [-0.39, 0.29) is 0 Å². The summed E-state index contributed by atoms with van der Waals surface area (Å²) < 4.78 is 0. The first-order valence-corrected chi connectivity index (χ1v) is 6.84. The van der Waals surface area contributed by atoms with Gasteiger partial charge in [0.1, 0.15) is 0 Å². The molecule has 0 aliphatic heterocycles. The van der Waals surface area contributed by atoms with Gasteiger partial charge in [-0.3, -0.25) is 0 Å². The van der Waals surface area contributed by atoms with E-state index < -0.39 is 0 Å². The minimum atomic E-state index is 0.317. The van der Waals surface area contributed by atoms with E-state index in [0.29, 0.717) is 6.04 Å². The van der Waals surface area contributed by atoms with Crippen LogP contribution in [0.4, 0.5) is 0 Å². The topological polar surface area (TPSA) is 12.0 Å². The van der Waals surface area contributed by atoms with Crippen LogP contribution >= 0.6 is 11.6 Å². The number of hydrogen-bond donors (Lipinski definition) is 1. The number of benzene rings is 2. The Labute approximate surface area is 119 Å². The molecule has 0 fully saturated rings. The van der Waals surface area contributed by atoms with Gasteiger partial charge in [0, 0.05) is 17.6 Å². The second-order valence-electron chi connectivity index (χ2n) is 4.49. The molecule has 2 rings (SSSR count). The lowest BCUT2D eigenvalue weighted by atomic mass is 10.1. The van der Waals surface area contributed by atoms with Crippen LogP contribution < -0.4 is 5.32 Å². The highest BCUT2D eigenvalue weighted by Crippen LogP contribution is 2.15. The molecular weight excluding hydrogens is 254 g/mol. The largest absolute Gasteiger partial charge is 0.307 e. The Balaban J connectivity index is 1.82. The van der Waals surface area contributed by atoms with E-state index in [1.165, 1.54) is 11.1 Å². The summed E-state index contributed by atoms with van der Waals surface area (Å²) in [5.41, 5.74) is 2.47. The first-order valence-electron chi connectivity index (χ1n) is 6.46. The molecule has 0 saturated carbocycles. The van der Waals surface area contributed by atoms with Crippen LogP contribution in [-0.4, -0.2) is 6.54 Å². The SMILES string of the molecule is CC(NCC=Cc1ccccc1)c1ccc(Cl)cc1. The molecule has 1 nitrogen and oxygen atoms in total. The van der Waals surface area contributed by atoms with Gasteiger partial charge < -0.3 is 5.32 Å². The van der Waals surface area contributed by atoms with E-state index in [1.807, 2.05) is 30.3 Å². The van der Waals surface area contributed by atoms with Crippen molar-refractivity contribution in [3.05, 3.63) is 76.8 Å². The van der Waals surface area contributed by atoms with E-state index in [1.54, 1.807) is 0 Å². The lowest BCUT2D eigenvalue weighted by Crippen LogP contribution is -2.18. The Morgan fingerprint density at radius 3 is 2.42 bits per heavy atom. The van der Waals surface area contributed by atoms with E-state index in [4.69, 9.17) is 11.6 Å². The predicted octanol–water partition coefficient (Wildman–Crippen LogP) is 4.70. The van der Waals surface area contributed by atoms with Crippen LogP contribution in [0, 0.1) is 0 Å². The van der Waals surface area contributed by atoms with E-state index >= 15 is 0 Å². The molecule has 0 spiro atoms. The molecule has 1 atom stereocenters. The third-order valence-corrected chi connectivity index (χ3v) is 3.27. The van der Waals surface area contributed by atoms with E-state index in [9.17, 15) is 0 Å². The van der Waals surface area contributed by atoms with Crippen LogP contribution in [0.3, 0.4) is 0 Å². The Hall–Kier alpha value is -1.57. The maximum atomic E-state index is 5.88. The number of hydrogen-bond acceptors (Lipinski definition) is 1. The summed E-state index contributed by atoms with van der Waals surface area (Å²) in [6.45, 7) is 3.00. The van der Waals surface area contributed by atoms with Crippen LogP contribution in [0.2, 0.25) is 5.02 Å². The monoisotopic (exact) mass is 271 g/mol. The van der Waals surface area contributed by atoms with Crippen molar-refractivity contribution in [2.45, 2.75) is 13.0 Å². The van der Waals surface area contributed by atoms with Gasteiger partial charge >= 0.3 is 0 Å². The van der Waals surface area contributed by atoms with Crippen LogP contribution in [0.5, 0.6) is 0 Å². The minimum Gasteiger partial charge on any atom is -0.307 e. The standard InChI is InChI=1S/C17H18ClN/c1-14(16-9-11-17(18)12-10-16)19-13-5-8-15-6-3-2-4-7-15/h2-12,14,19H,13H2,1H3. The quantitative estimate of drug-likeness (QED) is 0.831. The molecule has 2 heteroatoms. The normalized spacial score (nSPS) is 12.7. The molecule has 0 bridgehead atoms. The highest BCUT2D eigenvalue weighted by Gasteiger charge is 2.02. The summed E-state index contributed by atoms with van der Waals surface area (Å²) >= 11 is 5.88. The van der Waals surface area contributed by atoms with Gasteiger partial charge in [-0.2, -0.15) is 0 Å². The maximum absolute atomic E-state index is 5.88. The molecule has 2 aromatic carbocycles. The average molecular weight is 272 g/mol. The van der Waals surface area contributed by atoms with Gasteiger partial charge in [-0.1, -0.05) is 66.2 Å². The molecule has 2 aromatic rings. The van der Waals surface area contributed by atoms with Crippen LogP contribution in [0.15, 0.2) is 60.7 Å². The summed E-state index contributed by atoms with van der Waals surface area (Å²) in [6, 6.07) is 18.6. The second-order valence-corrected chi connectivity index (χ2v) is 4.93. The van der Waals surface area contributed by atoms with Crippen molar-refractivity contribution >= 4 is 17.7 Å². The maximum Gasteiger partial charge on any atom is 0.0406 e. The Kier molecular flexibility index (Phi) is 5.20. The van der Waals surface area contributed by atoms with Crippen molar-refractivity contribution in [1.29, 1.82) is 0 Å². The van der Waals surface area contributed by atoms with Gasteiger partial charge in [0.2, 0.25) is 0 Å². The van der Waals surface area contributed by atoms with Crippen molar-refractivity contribution in [3.8, 4) is 0 Å². The average Bonchev–Trinajstić information content (AvgIpc) is 2.45. The van der Waals surface area contributed by atoms with E-state index in [0.717, 1.165) is 11.6 Å². The fourth-order valence-corrected chi connectivity index (χ4v) is 2.00. The molecule has 0 heterocycles. The zero-order valence-electron chi connectivity index (χ0n) is 11.0. The Morgan fingerprint density at radius 1 is 1.05 bits per heavy atom. The molecule has 1 N–H and O–H groups in total. The number of rotatable bonds is 5. The van der Waals surface area contributed by atoms with Crippen molar-refractivity contribution in [2.75, 3.05) is 6.54 Å². The number of nitrogens with one attached hydrogen (secondary N) is 1. The van der Waals surface area contributed by atoms with Crippen molar-refractivity contribution in [2.24, 2.45) is 0 Å². The lowest BCUT2D eigenvalue weighted by molar-refractivity contribution is 0.618. The van der Waals surface area contributed by atoms with Gasteiger partial charge in [-0.15, -0.1) is 0 Å². The first kappa shape index (κ1) is 13.9. The molecule has 0 aliphatic rings. The highest BCUT2D eigenvalue weighted by molar-refractivity contribution is 6.30. The van der Waals surface area contributed by atoms with Crippen LogP contribution in [-0.2, 0) is 0 Å². The van der Waals surface area contributed by atoms with Crippen molar-refractivity contribution < 1.29 is 0 Å². The highest BCUT2D eigenvalue weighted by atomic mass is 35.5. The molecule has 19 heavy (non-hydrogen) atoms. The second kappa shape index (κ2) is 7.13. The smallest absolute Gasteiger partial charge is 0.0406 e. The van der Waals surface area contributed by atoms with Crippen LogP contribution in [0.1, 0.15) is 24.1 Å². The Bertz CT molecular complexity index is 517. The summed E-state index contributed by atoms with van der Waals surface area (Å²) in [6.07, 6.45) is 4.27. The summed E-state index contributed by atoms with van der Waals surface area (Å²) in [5.74, 6) is 0. The predicted molar refractivity (Wildman–Crippen MR) is 83.3 cm³/mol. The zero-order valence-corrected chi connectivity index (χ0v) is 11.8. The van der Waals surface area contributed by atoms with Gasteiger partial charge in [0.05, 0.1) is 0 Å². The minimum absolute atomic E-state index is 0.317. The molecule has 0 saturated heterocycles. The fraction of sp³-hybridized carbons (Fsp3) is 0.176. The molecular formula is C17H18ClN. The molecule has 0 aromatic heterocycles. The van der Waals surface area contributed by atoms with Crippen molar-refractivity contribution in [1.82, 2.24) is 5.32 Å². The van der Waals surface area contributed by atoms with Gasteiger partial charge in [-0.25, -0.2) is 0 Å². The third kappa shape index (κ3) is 4.55. The molecule has 1 unspecified atom stereocenters.